The van der Waals surface area contributed by atoms with E-state index >= 15 is 0 Å². The van der Waals surface area contributed by atoms with Crippen LogP contribution in [0.5, 0.6) is 0 Å². The lowest BCUT2D eigenvalue weighted by atomic mass is 9.82. The first-order chi connectivity index (χ1) is 17.0. The lowest BCUT2D eigenvalue weighted by molar-refractivity contribution is 0.0980. The van der Waals surface area contributed by atoms with Gasteiger partial charge in [-0.25, -0.2) is 0 Å². The summed E-state index contributed by atoms with van der Waals surface area (Å²) in [6.07, 6.45) is 0. The highest BCUT2D eigenvalue weighted by atomic mass is 32.2. The molecule has 0 aliphatic heterocycles. The van der Waals surface area contributed by atoms with Crippen molar-refractivity contribution in [3.8, 4) is 0 Å². The van der Waals surface area contributed by atoms with Gasteiger partial charge >= 0.3 is 0 Å². The molecular formula is C24H23N3O8S2. The number of benzene rings is 3. The Labute approximate surface area is 213 Å². The molecule has 1 aliphatic carbocycles. The van der Waals surface area contributed by atoms with Gasteiger partial charge in [0.25, 0.3) is 20.2 Å². The maximum Gasteiger partial charge on any atom is 0.296 e. The standard InChI is InChI=1S/C24H23N3O8S2/c1-24(2,3)27-15-9-8-12(10-17(15)36(30,31)32)26-16-11-18(37(33,34)35)21(25)20-19(16)22(28)13-6-4-5-7-14(13)23(20)29/h4-11,26-27H,25H2,1-3H3,(H,30,31,32)(H,33,34,35). The van der Waals surface area contributed by atoms with Gasteiger partial charge in [-0.05, 0) is 45.0 Å². The molecule has 194 valence electrons. The number of fused-ring (bicyclic) bond motifs is 2. The molecular weight excluding hydrogens is 522 g/mol. The average Bonchev–Trinajstić information content (AvgIpc) is 2.77. The molecule has 3 aromatic carbocycles. The van der Waals surface area contributed by atoms with E-state index in [1.54, 1.807) is 26.8 Å². The van der Waals surface area contributed by atoms with E-state index < -0.39 is 58.4 Å². The van der Waals surface area contributed by atoms with Gasteiger partial charge in [-0.2, -0.15) is 16.8 Å². The van der Waals surface area contributed by atoms with Crippen LogP contribution in [0.15, 0.2) is 58.3 Å². The van der Waals surface area contributed by atoms with E-state index in [0.717, 1.165) is 12.1 Å². The van der Waals surface area contributed by atoms with Gasteiger partial charge in [-0.3, -0.25) is 18.7 Å². The molecule has 0 aromatic heterocycles. The Morgan fingerprint density at radius 2 is 1.30 bits per heavy atom. The number of nitrogens with one attached hydrogen (secondary N) is 2. The third-order valence-corrected chi connectivity index (χ3v) is 7.31. The van der Waals surface area contributed by atoms with E-state index in [1.807, 2.05) is 0 Å². The van der Waals surface area contributed by atoms with Gasteiger partial charge in [0.1, 0.15) is 9.79 Å². The Morgan fingerprint density at radius 3 is 1.81 bits per heavy atom. The van der Waals surface area contributed by atoms with Crippen LogP contribution in [0.25, 0.3) is 0 Å². The maximum atomic E-state index is 13.4. The molecule has 37 heavy (non-hydrogen) atoms. The van der Waals surface area contributed by atoms with Crippen molar-refractivity contribution >= 4 is 54.6 Å². The molecule has 0 saturated heterocycles. The predicted octanol–water partition coefficient (Wildman–Crippen LogP) is 3.49. The number of hydrogen-bond donors (Lipinski definition) is 5. The highest BCUT2D eigenvalue weighted by Gasteiger charge is 2.36. The fourth-order valence-electron chi connectivity index (χ4n) is 4.08. The van der Waals surface area contributed by atoms with Crippen molar-refractivity contribution in [2.45, 2.75) is 36.1 Å². The summed E-state index contributed by atoms with van der Waals surface area (Å²) in [6, 6.07) is 10.6. The zero-order valence-electron chi connectivity index (χ0n) is 19.9. The van der Waals surface area contributed by atoms with E-state index in [-0.39, 0.29) is 33.8 Å². The third-order valence-electron chi connectivity index (χ3n) is 5.53. The van der Waals surface area contributed by atoms with Crippen LogP contribution in [0.4, 0.5) is 22.7 Å². The fourth-order valence-corrected chi connectivity index (χ4v) is 5.40. The second kappa shape index (κ2) is 8.66. The van der Waals surface area contributed by atoms with Crippen LogP contribution >= 0.6 is 0 Å². The molecule has 0 unspecified atom stereocenters. The highest BCUT2D eigenvalue weighted by molar-refractivity contribution is 7.86. The van der Waals surface area contributed by atoms with Gasteiger partial charge in [0.05, 0.1) is 28.2 Å². The van der Waals surface area contributed by atoms with Crippen molar-refractivity contribution in [2.24, 2.45) is 0 Å². The topological polar surface area (TPSA) is 193 Å². The van der Waals surface area contributed by atoms with Crippen LogP contribution in [0.2, 0.25) is 0 Å². The summed E-state index contributed by atoms with van der Waals surface area (Å²) >= 11 is 0. The largest absolute Gasteiger partial charge is 0.397 e. The number of carbonyl (C=O) groups is 2. The molecule has 0 amide bonds. The van der Waals surface area contributed by atoms with Crippen LogP contribution in [0.3, 0.4) is 0 Å². The Hall–Kier alpha value is -3.78. The lowest BCUT2D eigenvalue weighted by Crippen LogP contribution is -2.27. The van der Waals surface area contributed by atoms with Gasteiger partial charge in [-0.1, -0.05) is 24.3 Å². The predicted molar refractivity (Wildman–Crippen MR) is 137 cm³/mol. The van der Waals surface area contributed by atoms with Gasteiger partial charge in [-0.15, -0.1) is 0 Å². The Balaban J connectivity index is 1.95. The minimum Gasteiger partial charge on any atom is -0.397 e. The Kier molecular flexibility index (Phi) is 6.15. The van der Waals surface area contributed by atoms with E-state index in [4.69, 9.17) is 5.73 Å². The first-order valence-electron chi connectivity index (χ1n) is 10.8. The number of nitrogen functional groups attached to an aromatic ring is 1. The molecule has 4 rings (SSSR count). The normalized spacial score (nSPS) is 13.6. The van der Waals surface area contributed by atoms with Crippen molar-refractivity contribution in [3.05, 3.63) is 70.8 Å². The first-order valence-corrected chi connectivity index (χ1v) is 13.7. The summed E-state index contributed by atoms with van der Waals surface area (Å²) in [5.74, 6) is -1.36. The summed E-state index contributed by atoms with van der Waals surface area (Å²) in [5, 5.41) is 5.71. The minimum absolute atomic E-state index is 0.0106. The number of anilines is 4. The van der Waals surface area contributed by atoms with Gasteiger partial charge in [0, 0.05) is 22.4 Å². The molecule has 0 bridgehead atoms. The van der Waals surface area contributed by atoms with Crippen molar-refractivity contribution in [3.63, 3.8) is 0 Å². The zero-order valence-corrected chi connectivity index (χ0v) is 21.5. The number of hydrogen-bond acceptors (Lipinski definition) is 9. The monoisotopic (exact) mass is 545 g/mol. The smallest absolute Gasteiger partial charge is 0.296 e. The van der Waals surface area contributed by atoms with Gasteiger partial charge in [0.2, 0.25) is 0 Å². The van der Waals surface area contributed by atoms with Crippen molar-refractivity contribution in [1.82, 2.24) is 0 Å². The average molecular weight is 546 g/mol. The van der Waals surface area contributed by atoms with E-state index in [9.17, 15) is 35.5 Å². The highest BCUT2D eigenvalue weighted by Crippen LogP contribution is 2.40. The minimum atomic E-state index is -4.93. The molecule has 0 spiro atoms. The number of ketones is 2. The number of carbonyl (C=O) groups excluding carboxylic acids is 2. The van der Waals surface area contributed by atoms with Gasteiger partial charge in [0.15, 0.2) is 11.6 Å². The van der Waals surface area contributed by atoms with E-state index in [0.29, 0.717) is 0 Å². The van der Waals surface area contributed by atoms with Crippen LogP contribution in [0, 0.1) is 0 Å². The van der Waals surface area contributed by atoms with E-state index in [1.165, 1.54) is 30.3 Å². The van der Waals surface area contributed by atoms with Crippen LogP contribution in [-0.4, -0.2) is 43.0 Å². The molecule has 0 atom stereocenters. The zero-order chi connectivity index (χ0) is 27.5. The maximum absolute atomic E-state index is 13.4. The summed E-state index contributed by atoms with van der Waals surface area (Å²) in [7, 11) is -9.65. The second-order valence-corrected chi connectivity index (χ2v) is 12.2. The molecule has 0 radical (unpaired) electrons. The molecule has 11 nitrogen and oxygen atoms in total. The van der Waals surface area contributed by atoms with Crippen LogP contribution < -0.4 is 16.4 Å². The summed E-state index contributed by atoms with van der Waals surface area (Å²) in [4.78, 5) is 25.4. The molecule has 13 heteroatoms. The van der Waals surface area contributed by atoms with Crippen molar-refractivity contribution in [1.29, 1.82) is 0 Å². The van der Waals surface area contributed by atoms with Crippen molar-refractivity contribution in [2.75, 3.05) is 16.4 Å². The van der Waals surface area contributed by atoms with Crippen LogP contribution in [0.1, 0.15) is 52.6 Å². The number of rotatable bonds is 5. The van der Waals surface area contributed by atoms with E-state index in [2.05, 4.69) is 10.6 Å². The summed E-state index contributed by atoms with van der Waals surface area (Å²) < 4.78 is 67.9. The molecule has 1 aliphatic rings. The SMILES string of the molecule is CC(C)(C)Nc1ccc(Nc2cc(S(=O)(=O)O)c(N)c3c2C(=O)c2ccccc2C3=O)cc1S(=O)(=O)O. The quantitative estimate of drug-likeness (QED) is 0.182. The third kappa shape index (κ3) is 4.93. The Bertz CT molecular complexity index is 1710. The molecule has 0 saturated carbocycles. The second-order valence-electron chi connectivity index (χ2n) is 9.45. The summed E-state index contributed by atoms with van der Waals surface area (Å²) in [5.41, 5.74) is 4.11. The summed E-state index contributed by atoms with van der Waals surface area (Å²) in [6.45, 7) is 5.35. The lowest BCUT2D eigenvalue weighted by Gasteiger charge is -2.25. The van der Waals surface area contributed by atoms with Gasteiger partial charge < -0.3 is 16.4 Å². The molecule has 0 heterocycles. The van der Waals surface area contributed by atoms with Crippen LogP contribution in [-0.2, 0) is 20.2 Å². The van der Waals surface area contributed by atoms with Crippen molar-refractivity contribution < 1.29 is 35.5 Å². The molecule has 0 fully saturated rings. The Morgan fingerprint density at radius 1 is 0.757 bits per heavy atom. The number of nitrogens with two attached hydrogens (primary N) is 1. The fraction of sp³-hybridized carbons (Fsp3) is 0.167. The molecule has 3 aromatic rings. The molecule has 6 N–H and O–H groups in total. The first kappa shape index (κ1) is 26.3.